The molecule has 0 N–H and O–H groups in total. The lowest BCUT2D eigenvalue weighted by Crippen LogP contribution is -2.30. The summed E-state index contributed by atoms with van der Waals surface area (Å²) in [6.45, 7) is 0.400. The van der Waals surface area contributed by atoms with Gasteiger partial charge in [-0.25, -0.2) is 0 Å². The number of benzene rings is 1. The summed E-state index contributed by atoms with van der Waals surface area (Å²) >= 11 is 8.31. The van der Waals surface area contributed by atoms with E-state index < -0.39 is 0 Å². The first-order valence-electron chi connectivity index (χ1n) is 6.24. The van der Waals surface area contributed by atoms with Gasteiger partial charge in [-0.1, -0.05) is 23.9 Å². The molecule has 2 aromatic rings. The zero-order valence-electron chi connectivity index (χ0n) is 10.8. The summed E-state index contributed by atoms with van der Waals surface area (Å²) in [5.41, 5.74) is 0.978. The van der Waals surface area contributed by atoms with E-state index in [1.54, 1.807) is 24.3 Å². The Balaban J connectivity index is 1.55. The Bertz CT molecular complexity index is 669. The molecule has 1 aromatic heterocycles. The number of fused-ring (bicyclic) bond motifs is 1. The van der Waals surface area contributed by atoms with Crippen molar-refractivity contribution in [1.29, 1.82) is 0 Å². The maximum atomic E-state index is 12.1. The average Bonchev–Trinajstić information content (AvgIpc) is 3.00. The SMILES string of the molecule is O=C1c2ccccc2C(=O)N1CCCSc1nsc(Cl)n1. The van der Waals surface area contributed by atoms with Gasteiger partial charge in [0.1, 0.15) is 0 Å². The number of carbonyl (C=O) groups is 2. The van der Waals surface area contributed by atoms with Gasteiger partial charge in [-0.05, 0) is 41.7 Å². The predicted octanol–water partition coefficient (Wildman–Crippen LogP) is 2.97. The summed E-state index contributed by atoms with van der Waals surface area (Å²) in [4.78, 5) is 29.6. The third-order valence-electron chi connectivity index (χ3n) is 3.02. The van der Waals surface area contributed by atoms with Crippen molar-refractivity contribution < 1.29 is 9.59 Å². The Morgan fingerprint density at radius 1 is 1.19 bits per heavy atom. The fraction of sp³-hybridized carbons (Fsp3) is 0.231. The van der Waals surface area contributed by atoms with Crippen LogP contribution in [-0.4, -0.2) is 38.4 Å². The fourth-order valence-electron chi connectivity index (χ4n) is 2.08. The lowest BCUT2D eigenvalue weighted by Gasteiger charge is -2.12. The van der Waals surface area contributed by atoms with Crippen molar-refractivity contribution in [1.82, 2.24) is 14.3 Å². The van der Waals surface area contributed by atoms with Crippen LogP contribution in [0.5, 0.6) is 0 Å². The molecular weight excluding hydrogens is 330 g/mol. The molecule has 0 aliphatic carbocycles. The van der Waals surface area contributed by atoms with Gasteiger partial charge in [-0.15, -0.1) is 0 Å². The monoisotopic (exact) mass is 339 g/mol. The van der Waals surface area contributed by atoms with Crippen molar-refractivity contribution in [2.75, 3.05) is 12.3 Å². The lowest BCUT2D eigenvalue weighted by molar-refractivity contribution is 0.0655. The number of halogens is 1. The minimum Gasteiger partial charge on any atom is -0.274 e. The normalized spacial score (nSPS) is 13.9. The van der Waals surface area contributed by atoms with Gasteiger partial charge in [0.05, 0.1) is 11.1 Å². The second-order valence-electron chi connectivity index (χ2n) is 4.34. The van der Waals surface area contributed by atoms with Crippen LogP contribution in [0.15, 0.2) is 29.4 Å². The number of nitrogens with zero attached hydrogens (tertiary/aromatic N) is 3. The van der Waals surface area contributed by atoms with Crippen molar-refractivity contribution in [2.45, 2.75) is 11.6 Å². The van der Waals surface area contributed by atoms with Gasteiger partial charge >= 0.3 is 0 Å². The van der Waals surface area contributed by atoms with Crippen LogP contribution >= 0.6 is 34.9 Å². The molecule has 3 rings (SSSR count). The van der Waals surface area contributed by atoms with Crippen molar-refractivity contribution >= 4 is 46.7 Å². The Morgan fingerprint density at radius 3 is 2.43 bits per heavy atom. The second kappa shape index (κ2) is 6.13. The molecular formula is C13H10ClN3O2S2. The fourth-order valence-corrected chi connectivity index (χ4v) is 3.63. The standard InChI is InChI=1S/C13H10ClN3O2S2/c14-12-15-13(16-21-12)20-7-3-6-17-10(18)8-4-1-2-5-9(8)11(17)19/h1-2,4-5H,3,6-7H2. The van der Waals surface area contributed by atoms with E-state index in [4.69, 9.17) is 11.6 Å². The first-order chi connectivity index (χ1) is 10.2. The van der Waals surface area contributed by atoms with Gasteiger partial charge in [0.25, 0.3) is 11.8 Å². The number of hydrogen-bond acceptors (Lipinski definition) is 6. The molecule has 1 aromatic carbocycles. The minimum absolute atomic E-state index is 0.213. The van der Waals surface area contributed by atoms with E-state index in [2.05, 4.69) is 9.36 Å². The number of imide groups is 1. The third-order valence-corrected chi connectivity index (χ3v) is 4.86. The summed E-state index contributed by atoms with van der Waals surface area (Å²) in [5.74, 6) is 0.298. The number of aromatic nitrogens is 2. The summed E-state index contributed by atoms with van der Waals surface area (Å²) < 4.78 is 4.48. The minimum atomic E-state index is -0.213. The van der Waals surface area contributed by atoms with Gasteiger partial charge in [-0.3, -0.25) is 14.5 Å². The molecule has 21 heavy (non-hydrogen) atoms. The summed E-state index contributed by atoms with van der Waals surface area (Å²) in [5, 5.41) is 0.632. The van der Waals surface area contributed by atoms with Crippen molar-refractivity contribution in [3.8, 4) is 0 Å². The zero-order chi connectivity index (χ0) is 14.8. The highest BCUT2D eigenvalue weighted by molar-refractivity contribution is 7.99. The maximum absolute atomic E-state index is 12.1. The number of thioether (sulfide) groups is 1. The molecule has 0 bridgehead atoms. The van der Waals surface area contributed by atoms with E-state index >= 15 is 0 Å². The molecule has 2 amide bonds. The maximum Gasteiger partial charge on any atom is 0.261 e. The largest absolute Gasteiger partial charge is 0.274 e. The number of hydrogen-bond donors (Lipinski definition) is 0. The first-order valence-corrected chi connectivity index (χ1v) is 8.38. The van der Waals surface area contributed by atoms with E-state index in [0.717, 1.165) is 17.3 Å². The topological polar surface area (TPSA) is 63.2 Å². The first kappa shape index (κ1) is 14.5. The Kier molecular flexibility index (Phi) is 4.23. The smallest absolute Gasteiger partial charge is 0.261 e. The summed E-state index contributed by atoms with van der Waals surface area (Å²) in [6.07, 6.45) is 0.687. The highest BCUT2D eigenvalue weighted by atomic mass is 35.5. The molecule has 8 heteroatoms. The lowest BCUT2D eigenvalue weighted by atomic mass is 10.1. The molecule has 108 valence electrons. The zero-order valence-corrected chi connectivity index (χ0v) is 13.2. The molecule has 0 unspecified atom stereocenters. The molecule has 0 fully saturated rings. The van der Waals surface area contributed by atoms with Gasteiger partial charge in [0.2, 0.25) is 9.62 Å². The van der Waals surface area contributed by atoms with Crippen LogP contribution in [0.25, 0.3) is 0 Å². The van der Waals surface area contributed by atoms with E-state index in [1.165, 1.54) is 16.7 Å². The van der Waals surface area contributed by atoms with Crippen LogP contribution in [0.4, 0.5) is 0 Å². The third kappa shape index (κ3) is 2.95. The molecule has 2 heterocycles. The van der Waals surface area contributed by atoms with E-state index in [-0.39, 0.29) is 11.8 Å². The molecule has 5 nitrogen and oxygen atoms in total. The molecule has 0 atom stereocenters. The summed E-state index contributed by atoms with van der Waals surface area (Å²) in [7, 11) is 0. The van der Waals surface area contributed by atoms with E-state index in [9.17, 15) is 9.59 Å². The van der Waals surface area contributed by atoms with Crippen LogP contribution < -0.4 is 0 Å². The highest BCUT2D eigenvalue weighted by Crippen LogP contribution is 2.24. The molecule has 0 saturated carbocycles. The predicted molar refractivity (Wildman–Crippen MR) is 82.1 cm³/mol. The number of rotatable bonds is 5. The molecule has 0 radical (unpaired) electrons. The van der Waals surface area contributed by atoms with Crippen LogP contribution in [-0.2, 0) is 0 Å². The van der Waals surface area contributed by atoms with Crippen LogP contribution in [0, 0.1) is 0 Å². The molecule has 1 aliphatic rings. The van der Waals surface area contributed by atoms with Crippen LogP contribution in [0.3, 0.4) is 0 Å². The van der Waals surface area contributed by atoms with Crippen LogP contribution in [0.1, 0.15) is 27.1 Å². The van der Waals surface area contributed by atoms with Gasteiger partial charge in [-0.2, -0.15) is 9.36 Å². The molecule has 1 aliphatic heterocycles. The van der Waals surface area contributed by atoms with Crippen molar-refractivity contribution in [3.63, 3.8) is 0 Å². The summed E-state index contributed by atoms with van der Waals surface area (Å²) in [6, 6.07) is 6.90. The van der Waals surface area contributed by atoms with Crippen LogP contribution in [0.2, 0.25) is 4.47 Å². The number of carbonyl (C=O) groups excluding carboxylic acids is 2. The number of amides is 2. The van der Waals surface area contributed by atoms with Gasteiger partial charge < -0.3 is 0 Å². The van der Waals surface area contributed by atoms with E-state index in [0.29, 0.717) is 33.7 Å². The Morgan fingerprint density at radius 2 is 1.86 bits per heavy atom. The van der Waals surface area contributed by atoms with Crippen molar-refractivity contribution in [2.24, 2.45) is 0 Å². The molecule has 0 saturated heterocycles. The Labute approximate surface area is 134 Å². The van der Waals surface area contributed by atoms with Gasteiger partial charge in [0.15, 0.2) is 0 Å². The van der Waals surface area contributed by atoms with Crippen molar-refractivity contribution in [3.05, 3.63) is 39.9 Å². The highest BCUT2D eigenvalue weighted by Gasteiger charge is 2.34. The van der Waals surface area contributed by atoms with Gasteiger partial charge in [0, 0.05) is 12.3 Å². The molecule has 0 spiro atoms. The average molecular weight is 340 g/mol. The van der Waals surface area contributed by atoms with E-state index in [1.807, 2.05) is 0 Å². The second-order valence-corrected chi connectivity index (χ2v) is 6.74. The quantitative estimate of drug-likeness (QED) is 0.476. The Hall–Kier alpha value is -1.44.